The molecule has 1 amide bonds. The van der Waals surface area contributed by atoms with Crippen LogP contribution in [0.4, 0.5) is 5.69 Å². The van der Waals surface area contributed by atoms with E-state index in [0.717, 1.165) is 24.1 Å². The minimum atomic E-state index is -3.67. The maximum absolute atomic E-state index is 12.4. The van der Waals surface area contributed by atoms with Gasteiger partial charge in [-0.1, -0.05) is 36.4 Å². The number of hydrogen-bond donors (Lipinski definition) is 1. The summed E-state index contributed by atoms with van der Waals surface area (Å²) >= 11 is 0. The fourth-order valence-corrected chi connectivity index (χ4v) is 4.11. The molecule has 0 aromatic heterocycles. The monoisotopic (exact) mass is 402 g/mol. The van der Waals surface area contributed by atoms with Gasteiger partial charge < -0.3 is 9.64 Å². The molecule has 1 heterocycles. The summed E-state index contributed by atoms with van der Waals surface area (Å²) in [4.78, 5) is 26.0. The number of para-hydroxylation sites is 1. The SMILES string of the molecule is O=C(CCNS(=O)(=O)c1ccccc1)OCC(=O)N1CCCc2ccccc21. The van der Waals surface area contributed by atoms with E-state index < -0.39 is 16.0 Å². The largest absolute Gasteiger partial charge is 0.456 e. The van der Waals surface area contributed by atoms with Gasteiger partial charge in [-0.3, -0.25) is 9.59 Å². The predicted molar refractivity (Wildman–Crippen MR) is 104 cm³/mol. The number of rotatable bonds is 7. The quantitative estimate of drug-likeness (QED) is 0.714. The molecule has 2 aromatic rings. The highest BCUT2D eigenvalue weighted by Crippen LogP contribution is 2.26. The van der Waals surface area contributed by atoms with Crippen molar-refractivity contribution in [2.75, 3.05) is 24.6 Å². The first kappa shape index (κ1) is 20.0. The Morgan fingerprint density at radius 1 is 1.04 bits per heavy atom. The summed E-state index contributed by atoms with van der Waals surface area (Å²) in [6.07, 6.45) is 1.62. The lowest BCUT2D eigenvalue weighted by Crippen LogP contribution is -2.38. The van der Waals surface area contributed by atoms with Gasteiger partial charge in [0.05, 0.1) is 11.3 Å². The first-order chi connectivity index (χ1) is 13.5. The molecule has 8 heteroatoms. The van der Waals surface area contributed by atoms with Crippen molar-refractivity contribution in [3.63, 3.8) is 0 Å². The van der Waals surface area contributed by atoms with Crippen LogP contribution in [0.25, 0.3) is 0 Å². The molecule has 3 rings (SSSR count). The summed E-state index contributed by atoms with van der Waals surface area (Å²) in [5.41, 5.74) is 1.95. The van der Waals surface area contributed by atoms with E-state index in [1.807, 2.05) is 24.3 Å². The molecule has 0 aliphatic carbocycles. The van der Waals surface area contributed by atoms with Gasteiger partial charge in [0.25, 0.3) is 5.91 Å². The topological polar surface area (TPSA) is 92.8 Å². The number of sulfonamides is 1. The maximum Gasteiger partial charge on any atom is 0.307 e. The van der Waals surface area contributed by atoms with E-state index in [1.54, 1.807) is 23.1 Å². The first-order valence-electron chi connectivity index (χ1n) is 9.06. The Morgan fingerprint density at radius 2 is 1.75 bits per heavy atom. The number of ether oxygens (including phenoxy) is 1. The third-order valence-corrected chi connectivity index (χ3v) is 5.92. The van der Waals surface area contributed by atoms with Gasteiger partial charge in [0.15, 0.2) is 6.61 Å². The van der Waals surface area contributed by atoms with Crippen molar-refractivity contribution in [2.45, 2.75) is 24.2 Å². The number of carbonyl (C=O) groups is 2. The van der Waals surface area contributed by atoms with E-state index >= 15 is 0 Å². The number of carbonyl (C=O) groups excluding carboxylic acids is 2. The molecule has 1 N–H and O–H groups in total. The molecule has 2 aromatic carbocycles. The summed E-state index contributed by atoms with van der Waals surface area (Å²) in [6, 6.07) is 15.6. The molecular weight excluding hydrogens is 380 g/mol. The van der Waals surface area contributed by atoms with E-state index in [9.17, 15) is 18.0 Å². The summed E-state index contributed by atoms with van der Waals surface area (Å²) in [7, 11) is -3.67. The number of esters is 1. The number of aryl methyl sites for hydroxylation is 1. The number of anilines is 1. The third-order valence-electron chi connectivity index (χ3n) is 4.44. The van der Waals surface area contributed by atoms with E-state index in [1.165, 1.54) is 12.1 Å². The van der Waals surface area contributed by atoms with E-state index in [-0.39, 0.29) is 30.4 Å². The minimum absolute atomic E-state index is 0.100. The summed E-state index contributed by atoms with van der Waals surface area (Å²) in [5, 5.41) is 0. The normalized spacial score (nSPS) is 13.6. The highest BCUT2D eigenvalue weighted by Gasteiger charge is 2.23. The average molecular weight is 402 g/mol. The Labute approximate surface area is 164 Å². The zero-order valence-electron chi connectivity index (χ0n) is 15.3. The molecule has 1 aliphatic rings. The van der Waals surface area contributed by atoms with Crippen LogP contribution in [-0.4, -0.2) is 40.0 Å². The summed E-state index contributed by atoms with van der Waals surface area (Å²) in [6.45, 7) is 0.125. The van der Waals surface area contributed by atoms with Crippen molar-refractivity contribution in [1.29, 1.82) is 0 Å². The molecule has 7 nitrogen and oxygen atoms in total. The Balaban J connectivity index is 1.46. The van der Waals surface area contributed by atoms with Gasteiger partial charge in [0, 0.05) is 18.8 Å². The number of benzene rings is 2. The van der Waals surface area contributed by atoms with Gasteiger partial charge in [-0.15, -0.1) is 0 Å². The lowest BCUT2D eigenvalue weighted by Gasteiger charge is -2.29. The highest BCUT2D eigenvalue weighted by atomic mass is 32.2. The van der Waals surface area contributed by atoms with Gasteiger partial charge in [-0.2, -0.15) is 0 Å². The van der Waals surface area contributed by atoms with Crippen molar-refractivity contribution >= 4 is 27.6 Å². The molecule has 0 fully saturated rings. The van der Waals surface area contributed by atoms with Gasteiger partial charge >= 0.3 is 5.97 Å². The van der Waals surface area contributed by atoms with Gasteiger partial charge in [-0.25, -0.2) is 13.1 Å². The molecule has 0 atom stereocenters. The second-order valence-corrected chi connectivity index (χ2v) is 8.17. The molecule has 0 bridgehead atoms. The fraction of sp³-hybridized carbons (Fsp3) is 0.300. The van der Waals surface area contributed by atoms with Crippen LogP contribution < -0.4 is 9.62 Å². The number of fused-ring (bicyclic) bond motifs is 1. The summed E-state index contributed by atoms with van der Waals surface area (Å²) < 4.78 is 31.5. The number of nitrogens with one attached hydrogen (secondary N) is 1. The van der Waals surface area contributed by atoms with E-state index in [0.29, 0.717) is 6.54 Å². The molecule has 0 radical (unpaired) electrons. The Hall–Kier alpha value is -2.71. The standard InChI is InChI=1S/C20H22N2O5S/c23-19(22-14-6-8-16-7-4-5-11-18(16)22)15-27-20(24)12-13-21-28(25,26)17-9-2-1-3-10-17/h1-5,7,9-11,21H,6,8,12-15H2. The Morgan fingerprint density at radius 3 is 2.54 bits per heavy atom. The molecule has 148 valence electrons. The number of hydrogen-bond acceptors (Lipinski definition) is 5. The van der Waals surface area contributed by atoms with Crippen LogP contribution in [0.15, 0.2) is 59.5 Å². The second-order valence-electron chi connectivity index (χ2n) is 6.40. The Bertz CT molecular complexity index is 944. The van der Waals surface area contributed by atoms with E-state index in [2.05, 4.69) is 4.72 Å². The lowest BCUT2D eigenvalue weighted by atomic mass is 10.0. The molecule has 0 saturated carbocycles. The third kappa shape index (κ3) is 4.96. The Kier molecular flexibility index (Phi) is 6.43. The van der Waals surface area contributed by atoms with Crippen LogP contribution in [0.2, 0.25) is 0 Å². The fourth-order valence-electron chi connectivity index (χ4n) is 3.06. The van der Waals surface area contributed by atoms with Crippen LogP contribution in [0.5, 0.6) is 0 Å². The molecule has 0 unspecified atom stereocenters. The maximum atomic E-state index is 12.4. The van der Waals surface area contributed by atoms with Crippen molar-refractivity contribution < 1.29 is 22.7 Å². The highest BCUT2D eigenvalue weighted by molar-refractivity contribution is 7.89. The van der Waals surface area contributed by atoms with Crippen LogP contribution in [-0.2, 0) is 30.8 Å². The van der Waals surface area contributed by atoms with Crippen molar-refractivity contribution in [1.82, 2.24) is 4.72 Å². The predicted octanol–water partition coefficient (Wildman–Crippen LogP) is 1.88. The molecular formula is C20H22N2O5S. The zero-order valence-corrected chi connectivity index (χ0v) is 16.2. The van der Waals surface area contributed by atoms with E-state index in [4.69, 9.17) is 4.74 Å². The molecule has 28 heavy (non-hydrogen) atoms. The van der Waals surface area contributed by atoms with Crippen molar-refractivity contribution in [2.24, 2.45) is 0 Å². The first-order valence-corrected chi connectivity index (χ1v) is 10.5. The van der Waals surface area contributed by atoms with Crippen molar-refractivity contribution in [3.8, 4) is 0 Å². The molecule has 0 spiro atoms. The van der Waals surface area contributed by atoms with Crippen LogP contribution >= 0.6 is 0 Å². The average Bonchev–Trinajstić information content (AvgIpc) is 2.72. The number of amides is 1. The van der Waals surface area contributed by atoms with Gasteiger partial charge in [0.1, 0.15) is 0 Å². The molecule has 0 saturated heterocycles. The smallest absolute Gasteiger partial charge is 0.307 e. The number of nitrogens with zero attached hydrogens (tertiary/aromatic N) is 1. The molecule has 1 aliphatic heterocycles. The van der Waals surface area contributed by atoms with Crippen molar-refractivity contribution in [3.05, 3.63) is 60.2 Å². The lowest BCUT2D eigenvalue weighted by molar-refractivity contribution is -0.147. The second kappa shape index (κ2) is 8.99. The van der Waals surface area contributed by atoms with Crippen LogP contribution in [0.3, 0.4) is 0 Å². The van der Waals surface area contributed by atoms with Crippen LogP contribution in [0.1, 0.15) is 18.4 Å². The van der Waals surface area contributed by atoms with Crippen LogP contribution in [0, 0.1) is 0 Å². The minimum Gasteiger partial charge on any atom is -0.456 e. The summed E-state index contributed by atoms with van der Waals surface area (Å²) in [5.74, 6) is -0.917. The zero-order chi connectivity index (χ0) is 20.0. The van der Waals surface area contributed by atoms with Gasteiger partial charge in [0.2, 0.25) is 10.0 Å². The van der Waals surface area contributed by atoms with Gasteiger partial charge in [-0.05, 0) is 36.6 Å².